The summed E-state index contributed by atoms with van der Waals surface area (Å²) in [5.41, 5.74) is 0.984. The largest absolute Gasteiger partial charge is 0.356 e. The fraction of sp³-hybridized carbons (Fsp3) is 0.765. The van der Waals surface area contributed by atoms with Crippen molar-refractivity contribution in [2.75, 3.05) is 44.2 Å². The summed E-state index contributed by atoms with van der Waals surface area (Å²) in [6.07, 6.45) is 2.27. The minimum absolute atomic E-state index is 0.148. The average Bonchev–Trinajstić information content (AvgIpc) is 3.09. The number of hydrogen-bond donors (Lipinski definition) is 1. The van der Waals surface area contributed by atoms with E-state index in [2.05, 4.69) is 21.8 Å². The highest BCUT2D eigenvalue weighted by Gasteiger charge is 2.36. The number of fused-ring (bicyclic) bond motifs is 1. The van der Waals surface area contributed by atoms with Crippen LogP contribution in [0.2, 0.25) is 0 Å². The first-order chi connectivity index (χ1) is 11.8. The molecule has 1 amide bonds. The Morgan fingerprint density at radius 2 is 2.16 bits per heavy atom. The molecule has 3 saturated heterocycles. The molecule has 8 heteroatoms. The topological polar surface area (TPSA) is 82.1 Å². The molecule has 0 radical (unpaired) electrons. The molecule has 3 fully saturated rings. The van der Waals surface area contributed by atoms with Crippen LogP contribution < -0.4 is 5.32 Å². The van der Waals surface area contributed by atoms with E-state index in [1.54, 1.807) is 0 Å². The normalized spacial score (nSPS) is 29.0. The van der Waals surface area contributed by atoms with Crippen LogP contribution in [0, 0.1) is 5.92 Å². The summed E-state index contributed by atoms with van der Waals surface area (Å²) in [5, 5.41) is 3.38. The molecule has 0 bridgehead atoms. The number of amides is 1. The summed E-state index contributed by atoms with van der Waals surface area (Å²) in [5.74, 6) is 1.77. The molecule has 3 heterocycles. The summed E-state index contributed by atoms with van der Waals surface area (Å²) >= 11 is 0. The molecule has 0 aromatic carbocycles. The number of piperazine rings is 1. The Kier molecular flexibility index (Phi) is 5.36. The van der Waals surface area contributed by atoms with Crippen molar-refractivity contribution in [2.45, 2.75) is 32.2 Å². The standard InChI is InChI=1S/C17H28N4O3S/c1-13(2)9-18-17(19-10-14-5-8-25(23,24)12-14)20-6-7-21-15(11-20)3-4-16(21)22/h14-15H,1,3-12H2,2H3,(H,18,19). The Morgan fingerprint density at radius 1 is 1.36 bits per heavy atom. The predicted molar refractivity (Wildman–Crippen MR) is 98.2 cm³/mol. The van der Waals surface area contributed by atoms with Gasteiger partial charge >= 0.3 is 0 Å². The first-order valence-corrected chi connectivity index (χ1v) is 10.8. The van der Waals surface area contributed by atoms with Crippen LogP contribution >= 0.6 is 0 Å². The quantitative estimate of drug-likeness (QED) is 0.437. The highest BCUT2D eigenvalue weighted by molar-refractivity contribution is 7.91. The third-order valence-corrected chi connectivity index (χ3v) is 7.01. The van der Waals surface area contributed by atoms with Crippen molar-refractivity contribution in [3.05, 3.63) is 12.2 Å². The molecule has 3 aliphatic heterocycles. The van der Waals surface area contributed by atoms with Gasteiger partial charge in [-0.2, -0.15) is 0 Å². The molecule has 0 aromatic heterocycles. The number of carbonyl (C=O) groups is 1. The van der Waals surface area contributed by atoms with Gasteiger partial charge in [0.05, 0.1) is 18.1 Å². The van der Waals surface area contributed by atoms with Gasteiger partial charge in [0.2, 0.25) is 5.91 Å². The fourth-order valence-corrected chi connectivity index (χ4v) is 5.66. The second-order valence-electron chi connectivity index (χ2n) is 7.47. The van der Waals surface area contributed by atoms with Crippen LogP contribution in [-0.2, 0) is 14.6 Å². The number of rotatable bonds is 4. The SMILES string of the molecule is C=C(C)CN=C(NCC1CCS(=O)(=O)C1)N1CCN2C(=O)CCC2C1. The van der Waals surface area contributed by atoms with E-state index in [4.69, 9.17) is 0 Å². The van der Waals surface area contributed by atoms with Crippen molar-refractivity contribution >= 4 is 21.7 Å². The molecule has 0 aliphatic carbocycles. The molecular formula is C17H28N4O3S. The van der Waals surface area contributed by atoms with E-state index < -0.39 is 9.84 Å². The second kappa shape index (κ2) is 7.35. The molecule has 3 rings (SSSR count). The number of aliphatic imine (C=N–C) groups is 1. The molecule has 0 spiro atoms. The Bertz CT molecular complexity index is 673. The Hall–Kier alpha value is -1.57. The molecule has 1 N–H and O–H groups in total. The lowest BCUT2D eigenvalue weighted by Crippen LogP contribution is -2.56. The second-order valence-corrected chi connectivity index (χ2v) is 9.70. The zero-order chi connectivity index (χ0) is 18.0. The van der Waals surface area contributed by atoms with Gasteiger partial charge in [-0.1, -0.05) is 12.2 Å². The molecule has 7 nitrogen and oxygen atoms in total. The zero-order valence-corrected chi connectivity index (χ0v) is 15.7. The first kappa shape index (κ1) is 18.2. The molecule has 25 heavy (non-hydrogen) atoms. The van der Waals surface area contributed by atoms with E-state index in [9.17, 15) is 13.2 Å². The lowest BCUT2D eigenvalue weighted by atomic mass is 10.1. The van der Waals surface area contributed by atoms with Crippen LogP contribution in [0.3, 0.4) is 0 Å². The molecule has 0 aromatic rings. The lowest BCUT2D eigenvalue weighted by molar-refractivity contribution is -0.130. The van der Waals surface area contributed by atoms with Crippen LogP contribution in [0.25, 0.3) is 0 Å². The first-order valence-electron chi connectivity index (χ1n) is 9.01. The van der Waals surface area contributed by atoms with Gasteiger partial charge in [0.1, 0.15) is 0 Å². The van der Waals surface area contributed by atoms with E-state index in [0.717, 1.165) is 37.6 Å². The van der Waals surface area contributed by atoms with Crippen molar-refractivity contribution in [1.29, 1.82) is 0 Å². The number of sulfone groups is 1. The minimum atomic E-state index is -2.86. The van der Waals surface area contributed by atoms with Gasteiger partial charge in [0, 0.05) is 38.6 Å². The maximum atomic E-state index is 11.9. The number of guanidine groups is 1. The molecule has 2 unspecified atom stereocenters. The van der Waals surface area contributed by atoms with E-state index >= 15 is 0 Å². The summed E-state index contributed by atoms with van der Waals surface area (Å²) in [6, 6.07) is 0.268. The Labute approximate surface area is 150 Å². The monoisotopic (exact) mass is 368 g/mol. The number of hydrogen-bond acceptors (Lipinski definition) is 4. The smallest absolute Gasteiger partial charge is 0.223 e. The highest BCUT2D eigenvalue weighted by Crippen LogP contribution is 2.23. The summed E-state index contributed by atoms with van der Waals surface area (Å²) in [7, 11) is -2.86. The van der Waals surface area contributed by atoms with Crippen LogP contribution in [0.5, 0.6) is 0 Å². The van der Waals surface area contributed by atoms with Gasteiger partial charge in [0.25, 0.3) is 0 Å². The van der Waals surface area contributed by atoms with Crippen LogP contribution in [0.15, 0.2) is 17.1 Å². The Balaban J connectivity index is 1.62. The van der Waals surface area contributed by atoms with Crippen molar-refractivity contribution < 1.29 is 13.2 Å². The van der Waals surface area contributed by atoms with Crippen molar-refractivity contribution in [2.24, 2.45) is 10.9 Å². The van der Waals surface area contributed by atoms with Gasteiger partial charge in [-0.25, -0.2) is 13.4 Å². The Morgan fingerprint density at radius 3 is 2.84 bits per heavy atom. The number of nitrogens with one attached hydrogen (secondary N) is 1. The lowest BCUT2D eigenvalue weighted by Gasteiger charge is -2.39. The molecular weight excluding hydrogens is 340 g/mol. The summed E-state index contributed by atoms with van der Waals surface area (Å²) in [6.45, 7) is 9.30. The van der Waals surface area contributed by atoms with Crippen LogP contribution in [0.4, 0.5) is 0 Å². The van der Waals surface area contributed by atoms with Gasteiger partial charge in [-0.05, 0) is 25.7 Å². The maximum Gasteiger partial charge on any atom is 0.223 e. The summed E-state index contributed by atoms with van der Waals surface area (Å²) in [4.78, 5) is 20.7. The van der Waals surface area contributed by atoms with Gasteiger partial charge in [-0.15, -0.1) is 0 Å². The van der Waals surface area contributed by atoms with E-state index in [-0.39, 0.29) is 23.6 Å². The van der Waals surface area contributed by atoms with Crippen molar-refractivity contribution in [1.82, 2.24) is 15.1 Å². The minimum Gasteiger partial charge on any atom is -0.356 e. The predicted octanol–water partition coefficient (Wildman–Crippen LogP) is 0.249. The van der Waals surface area contributed by atoms with Crippen LogP contribution in [0.1, 0.15) is 26.2 Å². The molecule has 3 aliphatic rings. The third-order valence-electron chi connectivity index (χ3n) is 5.17. The highest BCUT2D eigenvalue weighted by atomic mass is 32.2. The fourth-order valence-electron chi connectivity index (χ4n) is 3.80. The molecule has 0 saturated carbocycles. The molecule has 140 valence electrons. The zero-order valence-electron chi connectivity index (χ0n) is 14.9. The van der Waals surface area contributed by atoms with E-state index in [1.807, 2.05) is 11.8 Å². The molecule has 2 atom stereocenters. The van der Waals surface area contributed by atoms with Crippen molar-refractivity contribution in [3.63, 3.8) is 0 Å². The average molecular weight is 369 g/mol. The number of nitrogens with zero attached hydrogens (tertiary/aromatic N) is 3. The number of carbonyl (C=O) groups excluding carboxylic acids is 1. The van der Waals surface area contributed by atoms with Gasteiger partial charge < -0.3 is 15.1 Å². The van der Waals surface area contributed by atoms with E-state index in [0.29, 0.717) is 31.7 Å². The maximum absolute atomic E-state index is 11.9. The van der Waals surface area contributed by atoms with Gasteiger partial charge in [-0.3, -0.25) is 4.79 Å². The van der Waals surface area contributed by atoms with E-state index in [1.165, 1.54) is 0 Å². The van der Waals surface area contributed by atoms with Crippen LogP contribution in [-0.4, -0.2) is 80.4 Å². The van der Waals surface area contributed by atoms with Crippen molar-refractivity contribution in [3.8, 4) is 0 Å². The summed E-state index contributed by atoms with van der Waals surface area (Å²) < 4.78 is 23.3. The van der Waals surface area contributed by atoms with Gasteiger partial charge in [0.15, 0.2) is 15.8 Å². The third kappa shape index (κ3) is 4.54.